The normalized spacial score (nSPS) is 34.3. The predicted octanol–water partition coefficient (Wildman–Crippen LogP) is 0.572. The van der Waals surface area contributed by atoms with Crippen molar-refractivity contribution >= 4 is 0 Å². The van der Waals surface area contributed by atoms with E-state index in [4.69, 9.17) is 0 Å². The van der Waals surface area contributed by atoms with Crippen LogP contribution in [0.1, 0.15) is 12.8 Å². The van der Waals surface area contributed by atoms with Gasteiger partial charge in [0.15, 0.2) is 0 Å². The Morgan fingerprint density at radius 3 is 2.67 bits per heavy atom. The summed E-state index contributed by atoms with van der Waals surface area (Å²) in [5.74, 6) is 0. The summed E-state index contributed by atoms with van der Waals surface area (Å²) in [6.07, 6.45) is 2.58. The molecule has 0 aromatic rings. The van der Waals surface area contributed by atoms with Crippen LogP contribution < -0.4 is 5.32 Å². The predicted molar refractivity (Wildman–Crippen MR) is 26.4 cm³/mol. The molecule has 0 aromatic heterocycles. The lowest BCUT2D eigenvalue weighted by molar-refractivity contribution is 0.724. The minimum atomic E-state index is 0.546. The van der Waals surface area contributed by atoms with Crippen LogP contribution in [0, 0.1) is 6.92 Å². The van der Waals surface area contributed by atoms with Gasteiger partial charge in [0.1, 0.15) is 6.04 Å². The van der Waals surface area contributed by atoms with Gasteiger partial charge in [-0.3, -0.25) is 5.32 Å². The molecule has 0 aromatic carbocycles. The van der Waals surface area contributed by atoms with Crippen LogP contribution in [-0.4, -0.2) is 12.6 Å². The standard InChI is InChI=1S/C5H10N/c1-5-3-2-4-6-5/h5-6H,1-4H2/q+1. The maximum atomic E-state index is 3.83. The number of hydrogen-bond acceptors (Lipinski definition) is 1. The van der Waals surface area contributed by atoms with E-state index in [0.29, 0.717) is 6.04 Å². The molecule has 1 saturated heterocycles. The van der Waals surface area contributed by atoms with E-state index in [1.165, 1.54) is 19.4 Å². The second kappa shape index (κ2) is 1.52. The number of hydrogen-bond donors (Lipinski definition) is 1. The summed E-state index contributed by atoms with van der Waals surface area (Å²) in [5.41, 5.74) is 0. The van der Waals surface area contributed by atoms with Crippen molar-refractivity contribution in [2.75, 3.05) is 6.54 Å². The van der Waals surface area contributed by atoms with Crippen LogP contribution in [0.25, 0.3) is 0 Å². The van der Waals surface area contributed by atoms with Crippen LogP contribution >= 0.6 is 0 Å². The Morgan fingerprint density at radius 1 is 1.67 bits per heavy atom. The second-order valence-electron chi connectivity index (χ2n) is 1.79. The molecule has 1 N–H and O–H groups in total. The average molecular weight is 84.1 g/mol. The van der Waals surface area contributed by atoms with Gasteiger partial charge < -0.3 is 0 Å². The molecule has 1 fully saturated rings. The van der Waals surface area contributed by atoms with Crippen LogP contribution in [0.5, 0.6) is 0 Å². The zero-order valence-corrected chi connectivity index (χ0v) is 3.91. The highest BCUT2D eigenvalue weighted by molar-refractivity contribution is 4.74. The maximum absolute atomic E-state index is 3.83. The van der Waals surface area contributed by atoms with E-state index in [9.17, 15) is 0 Å². The molecule has 0 saturated carbocycles. The Balaban J connectivity index is 2.18. The highest BCUT2D eigenvalue weighted by Gasteiger charge is 2.12. The topological polar surface area (TPSA) is 12.0 Å². The van der Waals surface area contributed by atoms with E-state index in [-0.39, 0.29) is 0 Å². The lowest BCUT2D eigenvalue weighted by Gasteiger charge is -1.86. The first kappa shape index (κ1) is 4.00. The van der Waals surface area contributed by atoms with Crippen molar-refractivity contribution in [2.45, 2.75) is 18.9 Å². The SMILES string of the molecule is [CH2+]C1CCCN1. The monoisotopic (exact) mass is 84.1 g/mol. The van der Waals surface area contributed by atoms with Crippen LogP contribution in [-0.2, 0) is 0 Å². The minimum absolute atomic E-state index is 0.546. The average Bonchev–Trinajstić information content (AvgIpc) is 1.86. The van der Waals surface area contributed by atoms with Crippen molar-refractivity contribution in [3.8, 4) is 0 Å². The van der Waals surface area contributed by atoms with Crippen LogP contribution in [0.4, 0.5) is 0 Å². The quantitative estimate of drug-likeness (QED) is 0.423. The van der Waals surface area contributed by atoms with Gasteiger partial charge in [0.2, 0.25) is 0 Å². The molecule has 1 unspecified atom stereocenters. The number of rotatable bonds is 0. The maximum Gasteiger partial charge on any atom is 0.146 e. The van der Waals surface area contributed by atoms with Crippen molar-refractivity contribution in [3.63, 3.8) is 0 Å². The fourth-order valence-corrected chi connectivity index (χ4v) is 0.757. The van der Waals surface area contributed by atoms with Crippen molar-refractivity contribution in [3.05, 3.63) is 6.92 Å². The molecule has 1 heterocycles. The molecule has 1 atom stereocenters. The Hall–Kier alpha value is -0.170. The molecule has 1 aliphatic heterocycles. The summed E-state index contributed by atoms with van der Waals surface area (Å²) < 4.78 is 0. The second-order valence-corrected chi connectivity index (χ2v) is 1.79. The van der Waals surface area contributed by atoms with E-state index < -0.39 is 0 Å². The Morgan fingerprint density at radius 2 is 2.50 bits per heavy atom. The molecular weight excluding hydrogens is 74.1 g/mol. The van der Waals surface area contributed by atoms with E-state index in [2.05, 4.69) is 12.2 Å². The van der Waals surface area contributed by atoms with Crippen LogP contribution in [0.15, 0.2) is 0 Å². The van der Waals surface area contributed by atoms with Gasteiger partial charge in [-0.25, -0.2) is 0 Å². The number of nitrogens with one attached hydrogen (secondary N) is 1. The molecule has 0 amide bonds. The van der Waals surface area contributed by atoms with Gasteiger partial charge in [-0.2, -0.15) is 0 Å². The smallest absolute Gasteiger partial charge is 0.146 e. The molecule has 34 valence electrons. The summed E-state index contributed by atoms with van der Waals surface area (Å²) in [5, 5.41) is 3.21. The largest absolute Gasteiger partial charge is 0.277 e. The van der Waals surface area contributed by atoms with Crippen molar-refractivity contribution < 1.29 is 0 Å². The van der Waals surface area contributed by atoms with E-state index in [0.717, 1.165) is 0 Å². The van der Waals surface area contributed by atoms with Gasteiger partial charge in [-0.1, -0.05) is 0 Å². The Kier molecular flexibility index (Phi) is 1.01. The molecule has 0 radical (unpaired) electrons. The van der Waals surface area contributed by atoms with Gasteiger partial charge in [-0.15, -0.1) is 0 Å². The highest BCUT2D eigenvalue weighted by Crippen LogP contribution is 2.00. The molecule has 1 heteroatoms. The fraction of sp³-hybridized carbons (Fsp3) is 0.800. The first-order valence-electron chi connectivity index (χ1n) is 2.46. The van der Waals surface area contributed by atoms with Gasteiger partial charge in [0.05, 0.1) is 6.92 Å². The summed E-state index contributed by atoms with van der Waals surface area (Å²) in [6.45, 7) is 5.00. The summed E-state index contributed by atoms with van der Waals surface area (Å²) in [7, 11) is 0. The minimum Gasteiger partial charge on any atom is -0.277 e. The molecule has 1 rings (SSSR count). The van der Waals surface area contributed by atoms with Gasteiger partial charge in [-0.05, 0) is 13.0 Å². The molecule has 0 spiro atoms. The van der Waals surface area contributed by atoms with E-state index in [1.54, 1.807) is 0 Å². The zero-order valence-electron chi connectivity index (χ0n) is 3.91. The lowest BCUT2D eigenvalue weighted by Crippen LogP contribution is -2.16. The summed E-state index contributed by atoms with van der Waals surface area (Å²) in [6, 6.07) is 0.546. The molecule has 1 aliphatic rings. The third-order valence-corrected chi connectivity index (χ3v) is 1.16. The fourth-order valence-electron chi connectivity index (χ4n) is 0.757. The molecule has 0 bridgehead atoms. The van der Waals surface area contributed by atoms with E-state index >= 15 is 0 Å². The molecule has 1 nitrogen and oxygen atoms in total. The third kappa shape index (κ3) is 0.658. The first-order valence-corrected chi connectivity index (χ1v) is 2.46. The van der Waals surface area contributed by atoms with Crippen LogP contribution in [0.3, 0.4) is 0 Å². The zero-order chi connectivity index (χ0) is 4.41. The molecular formula is C5H10N+. The summed E-state index contributed by atoms with van der Waals surface area (Å²) in [4.78, 5) is 0. The van der Waals surface area contributed by atoms with Crippen LogP contribution in [0.2, 0.25) is 0 Å². The van der Waals surface area contributed by atoms with Crippen molar-refractivity contribution in [1.82, 2.24) is 5.32 Å². The van der Waals surface area contributed by atoms with Crippen molar-refractivity contribution in [1.29, 1.82) is 0 Å². The van der Waals surface area contributed by atoms with Gasteiger partial charge in [0, 0.05) is 6.42 Å². The first-order chi connectivity index (χ1) is 2.89. The third-order valence-electron chi connectivity index (χ3n) is 1.16. The highest BCUT2D eigenvalue weighted by atomic mass is 14.9. The van der Waals surface area contributed by atoms with Gasteiger partial charge in [0.25, 0.3) is 0 Å². The Labute approximate surface area is 38.7 Å². The Bertz CT molecular complexity index is 37.2. The molecule has 6 heavy (non-hydrogen) atoms. The summed E-state index contributed by atoms with van der Waals surface area (Å²) >= 11 is 0. The lowest BCUT2D eigenvalue weighted by atomic mass is 10.3. The van der Waals surface area contributed by atoms with E-state index in [1.807, 2.05) is 0 Å². The van der Waals surface area contributed by atoms with Crippen molar-refractivity contribution in [2.24, 2.45) is 0 Å². The van der Waals surface area contributed by atoms with Gasteiger partial charge >= 0.3 is 0 Å². The molecule has 0 aliphatic carbocycles.